The number of hydrogen-bond donors (Lipinski definition) is 5. The molecule has 1 fully saturated rings. The maximum absolute atomic E-state index is 12.8. The summed E-state index contributed by atoms with van der Waals surface area (Å²) in [5.74, 6) is -2.95. The highest BCUT2D eigenvalue weighted by Crippen LogP contribution is 2.19. The van der Waals surface area contributed by atoms with E-state index in [1.54, 1.807) is 13.8 Å². The number of nitrogens with one attached hydrogen (secondary N) is 2. The van der Waals surface area contributed by atoms with Crippen molar-refractivity contribution in [2.75, 3.05) is 13.2 Å². The summed E-state index contributed by atoms with van der Waals surface area (Å²) in [6.45, 7) is 7.01. The zero-order valence-electron chi connectivity index (χ0n) is 17.6. The van der Waals surface area contributed by atoms with Gasteiger partial charge >= 0.3 is 5.97 Å². The Balaban J connectivity index is 2.86. The highest BCUT2D eigenvalue weighted by Gasteiger charge is 2.38. The number of hydrogen-bond acceptors (Lipinski definition) is 6. The Bertz CT molecular complexity index is 610. The van der Waals surface area contributed by atoms with Gasteiger partial charge in [0.25, 0.3) is 0 Å². The van der Waals surface area contributed by atoms with Gasteiger partial charge in [-0.05, 0) is 31.1 Å². The van der Waals surface area contributed by atoms with Crippen LogP contribution in [0.1, 0.15) is 47.0 Å². The Kier molecular flexibility index (Phi) is 9.51. The van der Waals surface area contributed by atoms with Crippen molar-refractivity contribution in [3.05, 3.63) is 0 Å². The summed E-state index contributed by atoms with van der Waals surface area (Å²) in [5.41, 5.74) is 5.59. The molecule has 1 rings (SSSR count). The number of likely N-dealkylation sites (tertiary alicyclic amines) is 1. The van der Waals surface area contributed by atoms with Crippen molar-refractivity contribution in [1.82, 2.24) is 15.5 Å². The van der Waals surface area contributed by atoms with E-state index in [9.17, 15) is 24.3 Å². The number of carboxylic acid groups (broad SMARTS) is 1. The van der Waals surface area contributed by atoms with Gasteiger partial charge in [-0.2, -0.15) is 0 Å². The monoisotopic (exact) mass is 414 g/mol. The summed E-state index contributed by atoms with van der Waals surface area (Å²) in [5, 5.41) is 23.6. The van der Waals surface area contributed by atoms with Gasteiger partial charge in [0.05, 0.1) is 6.61 Å². The third-order valence-corrected chi connectivity index (χ3v) is 4.92. The van der Waals surface area contributed by atoms with Crippen LogP contribution in [0.2, 0.25) is 0 Å². The van der Waals surface area contributed by atoms with Crippen molar-refractivity contribution in [1.29, 1.82) is 0 Å². The van der Waals surface area contributed by atoms with Crippen LogP contribution in [0.25, 0.3) is 0 Å². The largest absolute Gasteiger partial charge is 0.480 e. The fraction of sp³-hybridized carbons (Fsp3) is 0.789. The third-order valence-electron chi connectivity index (χ3n) is 4.92. The number of amides is 3. The zero-order valence-corrected chi connectivity index (χ0v) is 17.6. The Labute approximate surface area is 171 Å². The van der Waals surface area contributed by atoms with Gasteiger partial charge in [-0.15, -0.1) is 0 Å². The molecule has 10 heteroatoms. The first-order valence-corrected chi connectivity index (χ1v) is 10.00. The Morgan fingerprint density at radius 3 is 2.24 bits per heavy atom. The third kappa shape index (κ3) is 6.97. The highest BCUT2D eigenvalue weighted by molar-refractivity contribution is 5.94. The van der Waals surface area contributed by atoms with E-state index in [1.807, 2.05) is 13.8 Å². The minimum atomic E-state index is -1.13. The molecular weight excluding hydrogens is 380 g/mol. The number of carboxylic acids is 1. The average Bonchev–Trinajstić information content (AvgIpc) is 3.12. The fourth-order valence-corrected chi connectivity index (χ4v) is 3.33. The van der Waals surface area contributed by atoms with E-state index in [-0.39, 0.29) is 18.3 Å². The van der Waals surface area contributed by atoms with E-state index in [4.69, 9.17) is 10.8 Å². The van der Waals surface area contributed by atoms with Gasteiger partial charge in [0.1, 0.15) is 24.2 Å². The molecule has 4 atom stereocenters. The molecule has 0 spiro atoms. The van der Waals surface area contributed by atoms with E-state index < -0.39 is 54.5 Å². The van der Waals surface area contributed by atoms with Crippen molar-refractivity contribution in [2.24, 2.45) is 17.6 Å². The molecule has 0 aromatic carbocycles. The summed E-state index contributed by atoms with van der Waals surface area (Å²) in [7, 11) is 0. The Hall–Kier alpha value is -2.20. The number of aliphatic hydroxyl groups excluding tert-OH is 1. The standard InChI is InChI=1S/C19H34N4O6/c1-10(2)8-13(19(28)29)21-17(26)15(11(3)4)22-16(25)14-6-5-7-23(14)18(27)12(20)9-24/h10-15,24H,5-9,20H2,1-4H3,(H,21,26)(H,22,25)(H,28,29). The van der Waals surface area contributed by atoms with Crippen LogP contribution in [0.4, 0.5) is 0 Å². The molecule has 0 aromatic heterocycles. The molecule has 1 aliphatic heterocycles. The predicted molar refractivity (Wildman–Crippen MR) is 106 cm³/mol. The summed E-state index contributed by atoms with van der Waals surface area (Å²) >= 11 is 0. The van der Waals surface area contributed by atoms with Crippen LogP contribution >= 0.6 is 0 Å². The zero-order chi connectivity index (χ0) is 22.3. The van der Waals surface area contributed by atoms with E-state index in [0.29, 0.717) is 19.4 Å². The van der Waals surface area contributed by atoms with E-state index in [1.165, 1.54) is 4.90 Å². The molecule has 1 heterocycles. The van der Waals surface area contributed by atoms with Crippen molar-refractivity contribution < 1.29 is 29.4 Å². The molecular formula is C19H34N4O6. The number of rotatable bonds is 10. The minimum absolute atomic E-state index is 0.0669. The number of nitrogens with two attached hydrogens (primary N) is 1. The van der Waals surface area contributed by atoms with Gasteiger partial charge in [0, 0.05) is 6.54 Å². The molecule has 1 saturated heterocycles. The number of carbonyl (C=O) groups is 4. The van der Waals surface area contributed by atoms with Crippen LogP contribution in [0.15, 0.2) is 0 Å². The SMILES string of the molecule is CC(C)CC(NC(=O)C(NC(=O)C1CCCN1C(=O)C(N)CO)C(C)C)C(=O)O. The molecule has 0 aliphatic carbocycles. The molecule has 0 bridgehead atoms. The number of nitrogens with zero attached hydrogens (tertiary/aromatic N) is 1. The average molecular weight is 415 g/mol. The van der Waals surface area contributed by atoms with Crippen molar-refractivity contribution in [3.63, 3.8) is 0 Å². The van der Waals surface area contributed by atoms with Crippen molar-refractivity contribution in [2.45, 2.75) is 71.1 Å². The summed E-state index contributed by atoms with van der Waals surface area (Å²) in [6, 6.07) is -3.87. The van der Waals surface area contributed by atoms with Crippen LogP contribution in [0.5, 0.6) is 0 Å². The van der Waals surface area contributed by atoms with Crippen molar-refractivity contribution in [3.8, 4) is 0 Å². The molecule has 3 amide bonds. The molecule has 0 saturated carbocycles. The topological polar surface area (TPSA) is 162 Å². The van der Waals surface area contributed by atoms with E-state index >= 15 is 0 Å². The second kappa shape index (κ2) is 11.1. The quantitative estimate of drug-likeness (QED) is 0.308. The van der Waals surface area contributed by atoms with Crippen LogP contribution in [0, 0.1) is 11.8 Å². The van der Waals surface area contributed by atoms with Crippen LogP contribution in [0.3, 0.4) is 0 Å². The summed E-state index contributed by atoms with van der Waals surface area (Å²) < 4.78 is 0. The lowest BCUT2D eigenvalue weighted by Crippen LogP contribution is -2.58. The van der Waals surface area contributed by atoms with Gasteiger partial charge in [0.15, 0.2) is 0 Å². The second-order valence-corrected chi connectivity index (χ2v) is 8.24. The number of aliphatic hydroxyl groups is 1. The molecule has 0 radical (unpaired) electrons. The van der Waals surface area contributed by atoms with E-state index in [0.717, 1.165) is 0 Å². The number of aliphatic carboxylic acids is 1. The Morgan fingerprint density at radius 1 is 1.14 bits per heavy atom. The van der Waals surface area contributed by atoms with Gasteiger partial charge in [-0.25, -0.2) is 4.79 Å². The maximum Gasteiger partial charge on any atom is 0.326 e. The first kappa shape index (κ1) is 24.8. The second-order valence-electron chi connectivity index (χ2n) is 8.24. The molecule has 1 aliphatic rings. The minimum Gasteiger partial charge on any atom is -0.480 e. The lowest BCUT2D eigenvalue weighted by molar-refractivity contribution is -0.144. The smallest absolute Gasteiger partial charge is 0.326 e. The van der Waals surface area contributed by atoms with Gasteiger partial charge < -0.3 is 31.5 Å². The van der Waals surface area contributed by atoms with E-state index in [2.05, 4.69) is 10.6 Å². The molecule has 166 valence electrons. The van der Waals surface area contributed by atoms with Gasteiger partial charge in [-0.1, -0.05) is 27.7 Å². The molecule has 0 aromatic rings. The van der Waals surface area contributed by atoms with Crippen LogP contribution in [-0.2, 0) is 19.2 Å². The number of carbonyl (C=O) groups excluding carboxylic acids is 3. The molecule has 10 nitrogen and oxygen atoms in total. The molecule has 4 unspecified atom stereocenters. The predicted octanol–water partition coefficient (Wildman–Crippen LogP) is -0.947. The van der Waals surface area contributed by atoms with Gasteiger partial charge in [-0.3, -0.25) is 14.4 Å². The lowest BCUT2D eigenvalue weighted by atomic mass is 10.00. The van der Waals surface area contributed by atoms with Crippen LogP contribution in [-0.4, -0.2) is 76.1 Å². The Morgan fingerprint density at radius 2 is 1.76 bits per heavy atom. The first-order valence-electron chi connectivity index (χ1n) is 10.00. The summed E-state index contributed by atoms with van der Waals surface area (Å²) in [6.07, 6.45) is 1.30. The lowest BCUT2D eigenvalue weighted by Gasteiger charge is -2.29. The normalized spacial score (nSPS) is 19.7. The van der Waals surface area contributed by atoms with Crippen molar-refractivity contribution >= 4 is 23.7 Å². The molecule has 29 heavy (non-hydrogen) atoms. The summed E-state index contributed by atoms with van der Waals surface area (Å²) in [4.78, 5) is 50.5. The highest BCUT2D eigenvalue weighted by atomic mass is 16.4. The van der Waals surface area contributed by atoms with Gasteiger partial charge in [0.2, 0.25) is 17.7 Å². The molecule has 6 N–H and O–H groups in total. The fourth-order valence-electron chi connectivity index (χ4n) is 3.33. The first-order chi connectivity index (χ1) is 13.5. The maximum atomic E-state index is 12.8. The van der Waals surface area contributed by atoms with Crippen LogP contribution < -0.4 is 16.4 Å².